The van der Waals surface area contributed by atoms with E-state index in [1.807, 2.05) is 24.3 Å². The minimum absolute atomic E-state index is 0.0573. The van der Waals surface area contributed by atoms with Crippen LogP contribution in [0.2, 0.25) is 10.0 Å². The van der Waals surface area contributed by atoms with Crippen LogP contribution in [-0.2, 0) is 4.79 Å². The summed E-state index contributed by atoms with van der Waals surface area (Å²) in [5.41, 5.74) is 0.959. The van der Waals surface area contributed by atoms with Gasteiger partial charge in [-0.1, -0.05) is 73.7 Å². The van der Waals surface area contributed by atoms with Crippen LogP contribution in [-0.4, -0.2) is 12.5 Å². The third-order valence-corrected chi connectivity index (χ3v) is 4.86. The number of rotatable bonds is 9. The molecule has 2 aromatic rings. The Balaban J connectivity index is 2.14. The predicted molar refractivity (Wildman–Crippen MR) is 115 cm³/mol. The fraction of sp³-hybridized carbons (Fsp3) is 0.273. The lowest BCUT2D eigenvalue weighted by molar-refractivity contribution is -0.112. The number of ether oxygens (including phenoxy) is 1. The quantitative estimate of drug-likeness (QED) is 0.288. The Morgan fingerprint density at radius 1 is 1.14 bits per heavy atom. The van der Waals surface area contributed by atoms with Gasteiger partial charge in [0.1, 0.15) is 17.4 Å². The molecule has 0 aliphatic carbocycles. The number of carbonyl (C=O) groups excluding carboxylic acids is 1. The normalized spacial score (nSPS) is 11.0. The molecular weight excluding hydrogens is 395 g/mol. The molecular formula is C22H22Cl2N2O2. The molecule has 2 aromatic carbocycles. The van der Waals surface area contributed by atoms with Gasteiger partial charge in [0.05, 0.1) is 22.3 Å². The summed E-state index contributed by atoms with van der Waals surface area (Å²) in [6, 6.07) is 14.2. The summed E-state index contributed by atoms with van der Waals surface area (Å²) in [6.45, 7) is 2.75. The van der Waals surface area contributed by atoms with Gasteiger partial charge >= 0.3 is 0 Å². The maximum absolute atomic E-state index is 12.5. The molecule has 0 heterocycles. The molecule has 0 fully saturated rings. The number of halogens is 2. The second kappa shape index (κ2) is 11.4. The van der Waals surface area contributed by atoms with Gasteiger partial charge in [0, 0.05) is 5.56 Å². The Morgan fingerprint density at radius 3 is 2.68 bits per heavy atom. The molecule has 0 aliphatic heterocycles. The van der Waals surface area contributed by atoms with Gasteiger partial charge in [-0.05, 0) is 30.7 Å². The summed E-state index contributed by atoms with van der Waals surface area (Å²) in [5.74, 6) is 0.0738. The molecule has 0 unspecified atom stereocenters. The van der Waals surface area contributed by atoms with E-state index < -0.39 is 5.91 Å². The Bertz CT molecular complexity index is 888. The lowest BCUT2D eigenvalue weighted by Crippen LogP contribution is -2.14. The Morgan fingerprint density at radius 2 is 1.93 bits per heavy atom. The first kappa shape index (κ1) is 21.8. The van der Waals surface area contributed by atoms with E-state index in [1.165, 1.54) is 12.5 Å². The van der Waals surface area contributed by atoms with Crippen molar-refractivity contribution in [3.8, 4) is 11.8 Å². The largest absolute Gasteiger partial charge is 0.493 e. The highest BCUT2D eigenvalue weighted by Crippen LogP contribution is 2.30. The van der Waals surface area contributed by atoms with E-state index in [2.05, 4.69) is 12.2 Å². The number of amides is 1. The molecule has 0 saturated carbocycles. The van der Waals surface area contributed by atoms with Gasteiger partial charge in [0.2, 0.25) is 0 Å². The van der Waals surface area contributed by atoms with E-state index in [0.29, 0.717) is 28.6 Å². The average Bonchev–Trinajstić information content (AvgIpc) is 2.70. The highest BCUT2D eigenvalue weighted by atomic mass is 35.5. The van der Waals surface area contributed by atoms with Crippen LogP contribution >= 0.6 is 23.2 Å². The third-order valence-electron chi connectivity index (χ3n) is 4.04. The zero-order valence-corrected chi connectivity index (χ0v) is 17.2. The van der Waals surface area contributed by atoms with Crippen molar-refractivity contribution >= 4 is 40.9 Å². The number of benzene rings is 2. The molecule has 0 aromatic heterocycles. The van der Waals surface area contributed by atoms with Gasteiger partial charge < -0.3 is 10.1 Å². The molecule has 0 bridgehead atoms. The summed E-state index contributed by atoms with van der Waals surface area (Å²) in [4.78, 5) is 12.5. The van der Waals surface area contributed by atoms with Crippen LogP contribution in [0.5, 0.6) is 5.75 Å². The van der Waals surface area contributed by atoms with E-state index in [4.69, 9.17) is 27.9 Å². The first-order chi connectivity index (χ1) is 13.6. The van der Waals surface area contributed by atoms with Crippen LogP contribution in [0.15, 0.2) is 48.0 Å². The van der Waals surface area contributed by atoms with Crippen LogP contribution < -0.4 is 10.1 Å². The number of nitrogens with one attached hydrogen (secondary N) is 1. The van der Waals surface area contributed by atoms with Crippen molar-refractivity contribution in [2.45, 2.75) is 32.6 Å². The van der Waals surface area contributed by atoms with Gasteiger partial charge in [-0.25, -0.2) is 0 Å². The maximum atomic E-state index is 12.5. The molecule has 0 saturated heterocycles. The molecule has 0 spiro atoms. The average molecular weight is 417 g/mol. The van der Waals surface area contributed by atoms with Crippen LogP contribution in [0.3, 0.4) is 0 Å². The molecule has 1 amide bonds. The predicted octanol–water partition coefficient (Wildman–Crippen LogP) is 6.50. The first-order valence-corrected chi connectivity index (χ1v) is 9.91. The SMILES string of the molecule is CCCCCCOc1ccccc1/C=C(\C#N)C(=O)Nc1cccc(Cl)c1Cl. The molecule has 4 nitrogen and oxygen atoms in total. The van der Waals surface area contributed by atoms with Crippen molar-refractivity contribution in [2.75, 3.05) is 11.9 Å². The van der Waals surface area contributed by atoms with E-state index in [9.17, 15) is 10.1 Å². The van der Waals surface area contributed by atoms with Crippen molar-refractivity contribution in [1.29, 1.82) is 5.26 Å². The zero-order chi connectivity index (χ0) is 20.4. The molecule has 6 heteroatoms. The van der Waals surface area contributed by atoms with Crippen LogP contribution in [0.4, 0.5) is 5.69 Å². The molecule has 2 rings (SSSR count). The third kappa shape index (κ3) is 6.30. The van der Waals surface area contributed by atoms with Crippen molar-refractivity contribution in [1.82, 2.24) is 0 Å². The van der Waals surface area contributed by atoms with Crippen LogP contribution in [0, 0.1) is 11.3 Å². The standard InChI is InChI=1S/C22H22Cl2N2O2/c1-2-3-4-7-13-28-20-12-6-5-9-16(20)14-17(15-25)22(27)26-19-11-8-10-18(23)21(19)24/h5-6,8-12,14H,2-4,7,13H2,1H3,(H,26,27)/b17-14+. The van der Waals surface area contributed by atoms with Crippen molar-refractivity contribution in [3.63, 3.8) is 0 Å². The van der Waals surface area contributed by atoms with Crippen molar-refractivity contribution < 1.29 is 9.53 Å². The summed E-state index contributed by atoms with van der Waals surface area (Å²) >= 11 is 12.1. The summed E-state index contributed by atoms with van der Waals surface area (Å²) in [5, 5.41) is 12.6. The number of hydrogen-bond donors (Lipinski definition) is 1. The minimum atomic E-state index is -0.565. The smallest absolute Gasteiger partial charge is 0.266 e. The Labute approximate surface area is 175 Å². The minimum Gasteiger partial charge on any atom is -0.493 e. The summed E-state index contributed by atoms with van der Waals surface area (Å²) in [6.07, 6.45) is 5.92. The highest BCUT2D eigenvalue weighted by molar-refractivity contribution is 6.44. The van der Waals surface area contributed by atoms with Gasteiger partial charge in [-0.15, -0.1) is 0 Å². The topological polar surface area (TPSA) is 62.1 Å². The molecule has 0 aliphatic rings. The van der Waals surface area contributed by atoms with Gasteiger partial charge in [0.15, 0.2) is 0 Å². The lowest BCUT2D eigenvalue weighted by Gasteiger charge is -2.10. The number of unbranched alkanes of at least 4 members (excludes halogenated alkanes) is 3. The molecule has 146 valence electrons. The Hall–Kier alpha value is -2.48. The maximum Gasteiger partial charge on any atom is 0.266 e. The molecule has 1 N–H and O–H groups in total. The second-order valence-electron chi connectivity index (χ2n) is 6.17. The zero-order valence-electron chi connectivity index (χ0n) is 15.7. The van der Waals surface area contributed by atoms with Crippen molar-refractivity contribution in [3.05, 3.63) is 63.6 Å². The Kier molecular flexibility index (Phi) is 8.87. The number of carbonyl (C=O) groups is 1. The number of para-hydroxylation sites is 1. The summed E-state index contributed by atoms with van der Waals surface area (Å²) in [7, 11) is 0. The fourth-order valence-corrected chi connectivity index (χ4v) is 2.88. The van der Waals surface area contributed by atoms with E-state index in [1.54, 1.807) is 24.3 Å². The van der Waals surface area contributed by atoms with Gasteiger partial charge in [-0.3, -0.25) is 4.79 Å². The molecule has 0 radical (unpaired) electrons. The number of nitriles is 1. The molecule has 0 atom stereocenters. The second-order valence-corrected chi connectivity index (χ2v) is 6.96. The number of anilines is 1. The number of nitrogens with zero attached hydrogens (tertiary/aromatic N) is 1. The van der Waals surface area contributed by atoms with Crippen molar-refractivity contribution in [2.24, 2.45) is 0 Å². The highest BCUT2D eigenvalue weighted by Gasteiger charge is 2.14. The van der Waals surface area contributed by atoms with Gasteiger partial charge in [0.25, 0.3) is 5.91 Å². The fourth-order valence-electron chi connectivity index (χ4n) is 2.54. The van der Waals surface area contributed by atoms with Crippen LogP contribution in [0.25, 0.3) is 6.08 Å². The van der Waals surface area contributed by atoms with E-state index in [-0.39, 0.29) is 10.6 Å². The lowest BCUT2D eigenvalue weighted by atomic mass is 10.1. The van der Waals surface area contributed by atoms with Crippen LogP contribution in [0.1, 0.15) is 38.2 Å². The monoisotopic (exact) mass is 416 g/mol. The number of hydrogen-bond acceptors (Lipinski definition) is 3. The molecule has 28 heavy (non-hydrogen) atoms. The van der Waals surface area contributed by atoms with Gasteiger partial charge in [-0.2, -0.15) is 5.26 Å². The summed E-state index contributed by atoms with van der Waals surface area (Å²) < 4.78 is 5.84. The van der Waals surface area contributed by atoms with E-state index in [0.717, 1.165) is 19.3 Å². The first-order valence-electron chi connectivity index (χ1n) is 9.15. The van der Waals surface area contributed by atoms with E-state index >= 15 is 0 Å².